The Balaban J connectivity index is 1.61. The largest absolute Gasteiger partial charge is 0.315 e. The van der Waals surface area contributed by atoms with Gasteiger partial charge in [0.25, 0.3) is 0 Å². The fraction of sp³-hybridized carbons (Fsp3) is 0.733. The predicted octanol–water partition coefficient (Wildman–Crippen LogP) is 0.936. The Morgan fingerprint density at radius 1 is 1.05 bits per heavy atom. The molecule has 1 N–H and O–H groups in total. The summed E-state index contributed by atoms with van der Waals surface area (Å²) < 4.78 is 0. The van der Waals surface area contributed by atoms with Crippen LogP contribution in [0.3, 0.4) is 0 Å². The minimum atomic E-state index is -0.0363. The van der Waals surface area contributed by atoms with Crippen molar-refractivity contribution in [2.24, 2.45) is 23.7 Å². The maximum absolute atomic E-state index is 12.6. The van der Waals surface area contributed by atoms with E-state index in [-0.39, 0.29) is 29.7 Å². The summed E-state index contributed by atoms with van der Waals surface area (Å²) in [7, 11) is 0. The van der Waals surface area contributed by atoms with E-state index in [9.17, 15) is 9.59 Å². The maximum Gasteiger partial charge on any atom is 0.234 e. The number of rotatable bonds is 1. The lowest BCUT2D eigenvalue weighted by molar-refractivity contribution is -0.143. The third-order valence-corrected chi connectivity index (χ3v) is 5.39. The van der Waals surface area contributed by atoms with Gasteiger partial charge in [-0.05, 0) is 37.6 Å². The topological polar surface area (TPSA) is 49.4 Å². The number of allylic oxidation sites excluding steroid dienone is 2. The van der Waals surface area contributed by atoms with Crippen molar-refractivity contribution in [2.45, 2.75) is 31.7 Å². The van der Waals surface area contributed by atoms with Crippen LogP contribution in [0.5, 0.6) is 0 Å². The molecule has 2 bridgehead atoms. The van der Waals surface area contributed by atoms with Gasteiger partial charge in [-0.3, -0.25) is 14.5 Å². The smallest absolute Gasteiger partial charge is 0.234 e. The number of fused-ring (bicyclic) bond motifs is 5. The molecule has 0 aromatic carbocycles. The third-order valence-electron chi connectivity index (χ3n) is 5.39. The summed E-state index contributed by atoms with van der Waals surface area (Å²) in [4.78, 5) is 26.9. The Labute approximate surface area is 113 Å². The van der Waals surface area contributed by atoms with Crippen molar-refractivity contribution in [3.63, 3.8) is 0 Å². The quantitative estimate of drug-likeness (QED) is 0.564. The first-order valence-electron chi connectivity index (χ1n) is 7.53. The number of nitrogens with one attached hydrogen (secondary N) is 1. The highest BCUT2D eigenvalue weighted by molar-refractivity contribution is 6.06. The summed E-state index contributed by atoms with van der Waals surface area (Å²) in [5.74, 6) is 0.808. The summed E-state index contributed by atoms with van der Waals surface area (Å²) in [6.45, 7) is 1.78. The fourth-order valence-corrected chi connectivity index (χ4v) is 4.51. The molecule has 4 rings (SSSR count). The first-order chi connectivity index (χ1) is 9.27. The molecule has 2 saturated heterocycles. The monoisotopic (exact) mass is 260 g/mol. The molecule has 3 fully saturated rings. The lowest BCUT2D eigenvalue weighted by Crippen LogP contribution is -2.46. The van der Waals surface area contributed by atoms with E-state index in [1.165, 1.54) is 0 Å². The summed E-state index contributed by atoms with van der Waals surface area (Å²) >= 11 is 0. The standard InChI is InChI=1S/C15H20N2O2/c18-14-12-9-4-5-10(7-9)13(12)15(19)17(14)11-3-1-2-6-16-8-11/h4-5,9-13,16H,1-3,6-8H2. The van der Waals surface area contributed by atoms with Gasteiger partial charge in [0.05, 0.1) is 17.9 Å². The number of nitrogens with zero attached hydrogens (tertiary/aromatic N) is 1. The van der Waals surface area contributed by atoms with Gasteiger partial charge < -0.3 is 5.32 Å². The summed E-state index contributed by atoms with van der Waals surface area (Å²) in [5.41, 5.74) is 0. The molecular weight excluding hydrogens is 240 g/mol. The SMILES string of the molecule is O=C1C2C3C=CC(C3)C2C(=O)N1C1CCCCNC1. The van der Waals surface area contributed by atoms with Gasteiger partial charge >= 0.3 is 0 Å². The molecule has 0 aromatic heterocycles. The van der Waals surface area contributed by atoms with Crippen molar-refractivity contribution >= 4 is 11.8 Å². The normalized spacial score (nSPS) is 44.8. The molecule has 102 valence electrons. The fourth-order valence-electron chi connectivity index (χ4n) is 4.51. The van der Waals surface area contributed by atoms with E-state index in [1.807, 2.05) is 0 Å². The Morgan fingerprint density at radius 2 is 1.74 bits per heavy atom. The van der Waals surface area contributed by atoms with Gasteiger partial charge in [0.2, 0.25) is 11.8 Å². The van der Waals surface area contributed by atoms with Crippen molar-refractivity contribution in [2.75, 3.05) is 13.1 Å². The second-order valence-electron chi connectivity index (χ2n) is 6.40. The molecule has 2 amide bonds. The number of carbonyl (C=O) groups is 2. The van der Waals surface area contributed by atoms with Gasteiger partial charge in [-0.1, -0.05) is 18.6 Å². The molecule has 2 aliphatic heterocycles. The number of imide groups is 1. The van der Waals surface area contributed by atoms with Crippen molar-refractivity contribution in [1.29, 1.82) is 0 Å². The van der Waals surface area contributed by atoms with Crippen LogP contribution >= 0.6 is 0 Å². The Kier molecular flexibility index (Phi) is 2.56. The van der Waals surface area contributed by atoms with Crippen LogP contribution in [0.2, 0.25) is 0 Å². The van der Waals surface area contributed by atoms with Crippen molar-refractivity contribution in [1.82, 2.24) is 10.2 Å². The average molecular weight is 260 g/mol. The second-order valence-corrected chi connectivity index (χ2v) is 6.40. The Bertz CT molecular complexity index is 421. The number of carbonyl (C=O) groups excluding carboxylic acids is 2. The van der Waals surface area contributed by atoms with Gasteiger partial charge in [0.15, 0.2) is 0 Å². The van der Waals surface area contributed by atoms with E-state index in [2.05, 4.69) is 17.5 Å². The second kappa shape index (κ2) is 4.17. The predicted molar refractivity (Wildman–Crippen MR) is 70.1 cm³/mol. The number of likely N-dealkylation sites (tertiary alicyclic amines) is 1. The summed E-state index contributed by atoms with van der Waals surface area (Å²) in [6.07, 6.45) is 8.55. The van der Waals surface area contributed by atoms with Crippen molar-refractivity contribution in [3.05, 3.63) is 12.2 Å². The molecule has 4 nitrogen and oxygen atoms in total. The molecule has 0 aromatic rings. The van der Waals surface area contributed by atoms with Crippen LogP contribution in [0.25, 0.3) is 0 Å². The third kappa shape index (κ3) is 1.55. The van der Waals surface area contributed by atoms with E-state index in [0.29, 0.717) is 11.8 Å². The van der Waals surface area contributed by atoms with Gasteiger partial charge in [-0.15, -0.1) is 0 Å². The molecule has 4 aliphatic rings. The van der Waals surface area contributed by atoms with E-state index >= 15 is 0 Å². The van der Waals surface area contributed by atoms with E-state index in [0.717, 1.165) is 38.8 Å². The highest BCUT2D eigenvalue weighted by atomic mass is 16.2. The number of hydrogen-bond acceptors (Lipinski definition) is 3. The van der Waals surface area contributed by atoms with Gasteiger partial charge in [-0.25, -0.2) is 0 Å². The lowest BCUT2D eigenvalue weighted by atomic mass is 9.85. The number of amides is 2. The van der Waals surface area contributed by atoms with Crippen molar-refractivity contribution < 1.29 is 9.59 Å². The molecule has 2 heterocycles. The van der Waals surface area contributed by atoms with Crippen LogP contribution in [0.4, 0.5) is 0 Å². The average Bonchev–Trinajstić information content (AvgIpc) is 3.00. The molecule has 1 saturated carbocycles. The molecule has 5 unspecified atom stereocenters. The zero-order chi connectivity index (χ0) is 13.0. The molecule has 19 heavy (non-hydrogen) atoms. The minimum absolute atomic E-state index is 0.0363. The molecule has 0 radical (unpaired) electrons. The highest BCUT2D eigenvalue weighted by Crippen LogP contribution is 2.52. The van der Waals surface area contributed by atoms with Crippen LogP contribution in [-0.2, 0) is 9.59 Å². The first kappa shape index (κ1) is 11.6. The minimum Gasteiger partial charge on any atom is -0.315 e. The molecule has 0 spiro atoms. The first-order valence-corrected chi connectivity index (χ1v) is 7.53. The summed E-state index contributed by atoms with van der Waals surface area (Å²) in [5, 5.41) is 3.36. The van der Waals surface area contributed by atoms with E-state index < -0.39 is 0 Å². The van der Waals surface area contributed by atoms with Gasteiger partial charge in [0, 0.05) is 6.54 Å². The summed E-state index contributed by atoms with van der Waals surface area (Å²) in [6, 6.07) is 0.0903. The van der Waals surface area contributed by atoms with Crippen LogP contribution < -0.4 is 5.32 Å². The van der Waals surface area contributed by atoms with Crippen LogP contribution in [0, 0.1) is 23.7 Å². The van der Waals surface area contributed by atoms with Gasteiger partial charge in [0.1, 0.15) is 0 Å². The van der Waals surface area contributed by atoms with Crippen LogP contribution in [0.1, 0.15) is 25.7 Å². The van der Waals surface area contributed by atoms with Crippen LogP contribution in [0.15, 0.2) is 12.2 Å². The lowest BCUT2D eigenvalue weighted by Gasteiger charge is -2.26. The Hall–Kier alpha value is -1.16. The molecular formula is C15H20N2O2. The zero-order valence-electron chi connectivity index (χ0n) is 11.0. The molecule has 2 aliphatic carbocycles. The van der Waals surface area contributed by atoms with E-state index in [1.54, 1.807) is 4.90 Å². The van der Waals surface area contributed by atoms with E-state index in [4.69, 9.17) is 0 Å². The highest BCUT2D eigenvalue weighted by Gasteiger charge is 2.60. The maximum atomic E-state index is 12.6. The molecule has 5 atom stereocenters. The van der Waals surface area contributed by atoms with Crippen molar-refractivity contribution in [3.8, 4) is 0 Å². The Morgan fingerprint density at radius 3 is 2.42 bits per heavy atom. The molecule has 4 heteroatoms. The van der Waals surface area contributed by atoms with Gasteiger partial charge in [-0.2, -0.15) is 0 Å². The number of hydrogen-bond donors (Lipinski definition) is 1. The van der Waals surface area contributed by atoms with Crippen LogP contribution in [-0.4, -0.2) is 35.8 Å². The zero-order valence-corrected chi connectivity index (χ0v) is 11.0.